The highest BCUT2D eigenvalue weighted by atomic mass is 16.7. The zero-order chi connectivity index (χ0) is 20.2. The van der Waals surface area contributed by atoms with Gasteiger partial charge in [0.1, 0.15) is 11.4 Å². The van der Waals surface area contributed by atoms with Crippen LogP contribution in [0.2, 0.25) is 0 Å². The second kappa shape index (κ2) is 8.10. The molecule has 0 fully saturated rings. The van der Waals surface area contributed by atoms with Crippen LogP contribution in [0.5, 0.6) is 17.2 Å². The zero-order valence-electron chi connectivity index (χ0n) is 16.1. The van der Waals surface area contributed by atoms with Crippen molar-refractivity contribution in [2.24, 2.45) is 0 Å². The molecule has 7 nitrogen and oxygen atoms in total. The first kappa shape index (κ1) is 18.6. The van der Waals surface area contributed by atoms with Crippen molar-refractivity contribution in [2.75, 3.05) is 17.4 Å². The Morgan fingerprint density at radius 3 is 2.62 bits per heavy atom. The molecular weight excluding hydrogens is 370 g/mol. The van der Waals surface area contributed by atoms with Gasteiger partial charge in [0.15, 0.2) is 11.5 Å². The van der Waals surface area contributed by atoms with Crippen LogP contribution in [0.4, 0.5) is 17.1 Å². The number of hydrogen-bond donors (Lipinski definition) is 2. The van der Waals surface area contributed by atoms with Gasteiger partial charge in [0.25, 0.3) is 5.91 Å². The van der Waals surface area contributed by atoms with Crippen LogP contribution in [0.1, 0.15) is 24.3 Å². The first-order chi connectivity index (χ1) is 14.1. The van der Waals surface area contributed by atoms with Gasteiger partial charge in [0.2, 0.25) is 6.79 Å². The van der Waals surface area contributed by atoms with Crippen molar-refractivity contribution < 1.29 is 19.0 Å². The molecule has 0 aliphatic carbocycles. The minimum absolute atomic E-state index is 0.0679. The minimum atomic E-state index is -0.307. The van der Waals surface area contributed by atoms with Gasteiger partial charge in [0.05, 0.1) is 23.7 Å². The minimum Gasteiger partial charge on any atom is -0.489 e. The van der Waals surface area contributed by atoms with E-state index in [1.807, 2.05) is 38.1 Å². The van der Waals surface area contributed by atoms with E-state index in [0.29, 0.717) is 22.9 Å². The lowest BCUT2D eigenvalue weighted by Crippen LogP contribution is -2.13. The third-order valence-electron chi connectivity index (χ3n) is 4.16. The number of para-hydroxylation sites is 2. The number of hydrogen-bond acceptors (Lipinski definition) is 6. The molecule has 0 spiro atoms. The molecule has 7 heteroatoms. The smallest absolute Gasteiger partial charge is 0.274 e. The largest absolute Gasteiger partial charge is 0.489 e. The second-order valence-corrected chi connectivity index (χ2v) is 6.74. The van der Waals surface area contributed by atoms with Crippen molar-refractivity contribution in [3.05, 3.63) is 66.5 Å². The molecule has 0 unspecified atom stereocenters. The molecule has 1 aromatic heterocycles. The van der Waals surface area contributed by atoms with Crippen LogP contribution in [0.25, 0.3) is 0 Å². The van der Waals surface area contributed by atoms with Crippen LogP contribution in [-0.2, 0) is 0 Å². The Kier molecular flexibility index (Phi) is 5.20. The van der Waals surface area contributed by atoms with Crippen LogP contribution in [-0.4, -0.2) is 23.8 Å². The summed E-state index contributed by atoms with van der Waals surface area (Å²) >= 11 is 0. The Bertz CT molecular complexity index is 1020. The molecule has 0 radical (unpaired) electrons. The molecule has 148 valence electrons. The van der Waals surface area contributed by atoms with E-state index in [2.05, 4.69) is 15.6 Å². The van der Waals surface area contributed by atoms with Crippen molar-refractivity contribution in [2.45, 2.75) is 20.0 Å². The van der Waals surface area contributed by atoms with Crippen LogP contribution in [0.15, 0.2) is 60.8 Å². The van der Waals surface area contributed by atoms with Crippen LogP contribution in [0.3, 0.4) is 0 Å². The van der Waals surface area contributed by atoms with Crippen LogP contribution >= 0.6 is 0 Å². The second-order valence-electron chi connectivity index (χ2n) is 6.74. The van der Waals surface area contributed by atoms with Crippen molar-refractivity contribution in [3.8, 4) is 17.2 Å². The van der Waals surface area contributed by atoms with E-state index >= 15 is 0 Å². The fraction of sp³-hybridized carbons (Fsp3) is 0.182. The summed E-state index contributed by atoms with van der Waals surface area (Å²) in [7, 11) is 0. The Balaban J connectivity index is 1.43. The molecule has 1 amide bonds. The van der Waals surface area contributed by atoms with Gasteiger partial charge in [-0.1, -0.05) is 12.1 Å². The fourth-order valence-corrected chi connectivity index (χ4v) is 2.85. The van der Waals surface area contributed by atoms with E-state index in [1.54, 1.807) is 36.5 Å². The van der Waals surface area contributed by atoms with E-state index < -0.39 is 0 Å². The first-order valence-electron chi connectivity index (χ1n) is 9.28. The molecule has 1 aliphatic rings. The Morgan fingerprint density at radius 1 is 1.03 bits per heavy atom. The molecule has 3 aromatic rings. The predicted octanol–water partition coefficient (Wildman–Crippen LogP) is 4.59. The number of rotatable bonds is 6. The molecular formula is C22H21N3O4. The van der Waals surface area contributed by atoms with Crippen LogP contribution in [0, 0.1) is 0 Å². The molecule has 2 N–H and O–H groups in total. The first-order valence-corrected chi connectivity index (χ1v) is 9.28. The standard InChI is InChI=1S/C22H21N3O4/c1-14(2)29-19-6-4-3-5-17(19)24-16-7-9-18(23-12-16)22(26)25-15-8-10-20-21(11-15)28-13-27-20/h3-12,14,24H,13H2,1-2H3,(H,25,26). The number of benzene rings is 2. The summed E-state index contributed by atoms with van der Waals surface area (Å²) in [5.74, 6) is 1.72. The van der Waals surface area contributed by atoms with E-state index in [-0.39, 0.29) is 18.8 Å². The average molecular weight is 391 g/mol. The van der Waals surface area contributed by atoms with Crippen molar-refractivity contribution in [1.29, 1.82) is 0 Å². The number of anilines is 3. The number of carbonyl (C=O) groups is 1. The summed E-state index contributed by atoms with van der Waals surface area (Å²) in [5, 5.41) is 6.08. The third kappa shape index (κ3) is 4.40. The van der Waals surface area contributed by atoms with Gasteiger partial charge in [-0.2, -0.15) is 0 Å². The molecule has 0 atom stereocenters. The third-order valence-corrected chi connectivity index (χ3v) is 4.16. The van der Waals surface area contributed by atoms with Crippen molar-refractivity contribution in [3.63, 3.8) is 0 Å². The summed E-state index contributed by atoms with van der Waals surface area (Å²) in [6.07, 6.45) is 1.68. The predicted molar refractivity (Wildman–Crippen MR) is 110 cm³/mol. The number of nitrogens with zero attached hydrogens (tertiary/aromatic N) is 1. The Labute approximate surface area is 168 Å². The normalized spacial score (nSPS) is 12.0. The van der Waals surface area contributed by atoms with Crippen molar-refractivity contribution in [1.82, 2.24) is 4.98 Å². The quantitative estimate of drug-likeness (QED) is 0.639. The maximum atomic E-state index is 12.5. The molecule has 1 aliphatic heterocycles. The van der Waals surface area contributed by atoms with Crippen molar-refractivity contribution >= 4 is 23.0 Å². The SMILES string of the molecule is CC(C)Oc1ccccc1Nc1ccc(C(=O)Nc2ccc3c(c2)OCO3)nc1. The van der Waals surface area contributed by atoms with Gasteiger partial charge < -0.3 is 24.8 Å². The van der Waals surface area contributed by atoms with E-state index in [4.69, 9.17) is 14.2 Å². The average Bonchev–Trinajstić information content (AvgIpc) is 3.17. The summed E-state index contributed by atoms with van der Waals surface area (Å²) in [4.78, 5) is 16.7. The van der Waals surface area contributed by atoms with Gasteiger partial charge in [-0.15, -0.1) is 0 Å². The number of aromatic nitrogens is 1. The number of pyridine rings is 1. The fourth-order valence-electron chi connectivity index (χ4n) is 2.85. The highest BCUT2D eigenvalue weighted by molar-refractivity contribution is 6.03. The number of carbonyl (C=O) groups excluding carboxylic acids is 1. The molecule has 4 rings (SSSR count). The molecule has 2 aromatic carbocycles. The molecule has 29 heavy (non-hydrogen) atoms. The van der Waals surface area contributed by atoms with E-state index in [1.165, 1.54) is 0 Å². The summed E-state index contributed by atoms with van der Waals surface area (Å²) < 4.78 is 16.4. The summed E-state index contributed by atoms with van der Waals surface area (Å²) in [5.41, 5.74) is 2.51. The molecule has 2 heterocycles. The maximum Gasteiger partial charge on any atom is 0.274 e. The van der Waals surface area contributed by atoms with Gasteiger partial charge in [-0.25, -0.2) is 4.98 Å². The van der Waals surface area contributed by atoms with Gasteiger partial charge in [-0.05, 0) is 50.2 Å². The number of fused-ring (bicyclic) bond motifs is 1. The highest BCUT2D eigenvalue weighted by Crippen LogP contribution is 2.34. The lowest BCUT2D eigenvalue weighted by Gasteiger charge is -2.15. The summed E-state index contributed by atoms with van der Waals surface area (Å²) in [6.45, 7) is 4.14. The molecule has 0 saturated carbocycles. The Morgan fingerprint density at radius 2 is 1.83 bits per heavy atom. The van der Waals surface area contributed by atoms with Gasteiger partial charge in [-0.3, -0.25) is 4.79 Å². The van der Waals surface area contributed by atoms with E-state index in [9.17, 15) is 4.79 Å². The van der Waals surface area contributed by atoms with Gasteiger partial charge >= 0.3 is 0 Å². The number of ether oxygens (including phenoxy) is 3. The van der Waals surface area contributed by atoms with E-state index in [0.717, 1.165) is 17.1 Å². The lowest BCUT2D eigenvalue weighted by molar-refractivity contribution is 0.102. The zero-order valence-corrected chi connectivity index (χ0v) is 16.1. The lowest BCUT2D eigenvalue weighted by atomic mass is 10.2. The monoisotopic (exact) mass is 391 g/mol. The van der Waals surface area contributed by atoms with Gasteiger partial charge in [0, 0.05) is 11.8 Å². The molecule has 0 bridgehead atoms. The molecule has 0 saturated heterocycles. The number of amides is 1. The highest BCUT2D eigenvalue weighted by Gasteiger charge is 2.15. The summed E-state index contributed by atoms with van der Waals surface area (Å²) in [6, 6.07) is 16.4. The van der Waals surface area contributed by atoms with Crippen LogP contribution < -0.4 is 24.8 Å². The number of nitrogens with one attached hydrogen (secondary N) is 2. The maximum absolute atomic E-state index is 12.5. The Hall–Kier alpha value is -3.74. The topological polar surface area (TPSA) is 81.7 Å².